The Bertz CT molecular complexity index is 504. The SMILES string of the molecule is O=C(OCc1ccccc1)N1CCCC1CN(CCO)C1CC1. The number of hydrogen-bond donors (Lipinski definition) is 1. The maximum atomic E-state index is 12.4. The number of aliphatic hydroxyl groups is 1. The number of ether oxygens (including phenoxy) is 1. The molecule has 1 atom stereocenters. The summed E-state index contributed by atoms with van der Waals surface area (Å²) < 4.78 is 5.48. The number of likely N-dealkylation sites (tertiary alicyclic amines) is 1. The minimum atomic E-state index is -0.212. The van der Waals surface area contributed by atoms with Gasteiger partial charge in [-0.15, -0.1) is 0 Å². The molecule has 0 spiro atoms. The summed E-state index contributed by atoms with van der Waals surface area (Å²) in [6.45, 7) is 2.84. The zero-order chi connectivity index (χ0) is 16.1. The van der Waals surface area contributed by atoms with Gasteiger partial charge in [-0.2, -0.15) is 0 Å². The van der Waals surface area contributed by atoms with E-state index < -0.39 is 0 Å². The molecular weight excluding hydrogens is 292 g/mol. The van der Waals surface area contributed by atoms with Crippen molar-refractivity contribution in [3.8, 4) is 0 Å². The van der Waals surface area contributed by atoms with Crippen molar-refractivity contribution in [1.29, 1.82) is 0 Å². The van der Waals surface area contributed by atoms with E-state index in [-0.39, 0.29) is 18.7 Å². The zero-order valence-corrected chi connectivity index (χ0v) is 13.6. The van der Waals surface area contributed by atoms with Crippen LogP contribution in [-0.4, -0.2) is 59.3 Å². The lowest BCUT2D eigenvalue weighted by molar-refractivity contribution is 0.0805. The summed E-state index contributed by atoms with van der Waals surface area (Å²) in [7, 11) is 0. The molecule has 1 aliphatic heterocycles. The second-order valence-electron chi connectivity index (χ2n) is 6.48. The van der Waals surface area contributed by atoms with E-state index in [1.54, 1.807) is 0 Å². The normalized spacial score (nSPS) is 21.0. The highest BCUT2D eigenvalue weighted by molar-refractivity contribution is 5.68. The highest BCUT2D eigenvalue weighted by atomic mass is 16.6. The van der Waals surface area contributed by atoms with Crippen molar-refractivity contribution in [2.75, 3.05) is 26.2 Å². The first kappa shape index (κ1) is 16.3. The Morgan fingerprint density at radius 3 is 2.74 bits per heavy atom. The Labute approximate surface area is 137 Å². The van der Waals surface area contributed by atoms with E-state index in [1.165, 1.54) is 12.8 Å². The molecule has 5 nitrogen and oxygen atoms in total. The summed E-state index contributed by atoms with van der Waals surface area (Å²) in [5, 5.41) is 9.23. The Morgan fingerprint density at radius 2 is 2.04 bits per heavy atom. The predicted molar refractivity (Wildman–Crippen MR) is 88.0 cm³/mol. The summed E-state index contributed by atoms with van der Waals surface area (Å²) >= 11 is 0. The third-order valence-corrected chi connectivity index (χ3v) is 4.71. The first-order chi connectivity index (χ1) is 11.3. The third kappa shape index (κ3) is 4.45. The molecule has 1 saturated carbocycles. The molecule has 1 heterocycles. The van der Waals surface area contributed by atoms with Gasteiger partial charge in [-0.3, -0.25) is 4.90 Å². The van der Waals surface area contributed by atoms with Crippen LogP contribution in [0.25, 0.3) is 0 Å². The van der Waals surface area contributed by atoms with Gasteiger partial charge in [-0.1, -0.05) is 30.3 Å². The van der Waals surface area contributed by atoms with Gasteiger partial charge >= 0.3 is 6.09 Å². The third-order valence-electron chi connectivity index (χ3n) is 4.71. The molecule has 1 aromatic rings. The van der Waals surface area contributed by atoms with Gasteiger partial charge < -0.3 is 14.7 Å². The van der Waals surface area contributed by atoms with Gasteiger partial charge in [0, 0.05) is 31.7 Å². The number of nitrogens with zero attached hydrogens (tertiary/aromatic N) is 2. The van der Waals surface area contributed by atoms with Crippen molar-refractivity contribution >= 4 is 6.09 Å². The molecule has 3 rings (SSSR count). The van der Waals surface area contributed by atoms with Gasteiger partial charge in [0.2, 0.25) is 0 Å². The number of carbonyl (C=O) groups excluding carboxylic acids is 1. The monoisotopic (exact) mass is 318 g/mol. The molecule has 1 amide bonds. The van der Waals surface area contributed by atoms with Crippen molar-refractivity contribution in [3.05, 3.63) is 35.9 Å². The quantitative estimate of drug-likeness (QED) is 0.838. The Morgan fingerprint density at radius 1 is 1.26 bits per heavy atom. The van der Waals surface area contributed by atoms with Gasteiger partial charge in [0.05, 0.1) is 6.61 Å². The first-order valence-electron chi connectivity index (χ1n) is 8.60. The van der Waals surface area contributed by atoms with E-state index in [4.69, 9.17) is 4.74 Å². The molecule has 5 heteroatoms. The van der Waals surface area contributed by atoms with E-state index in [2.05, 4.69) is 4.90 Å². The molecule has 1 aromatic carbocycles. The lowest BCUT2D eigenvalue weighted by Gasteiger charge is -2.30. The Balaban J connectivity index is 1.52. The maximum Gasteiger partial charge on any atom is 0.410 e. The highest BCUT2D eigenvalue weighted by Crippen LogP contribution is 2.29. The molecule has 0 radical (unpaired) electrons. The van der Waals surface area contributed by atoms with Crippen LogP contribution < -0.4 is 0 Å². The van der Waals surface area contributed by atoms with Crippen LogP contribution in [0.4, 0.5) is 4.79 Å². The second-order valence-corrected chi connectivity index (χ2v) is 6.48. The molecule has 0 bridgehead atoms. The van der Waals surface area contributed by atoms with Gasteiger partial charge in [0.1, 0.15) is 6.61 Å². The summed E-state index contributed by atoms with van der Waals surface area (Å²) in [4.78, 5) is 16.6. The Kier molecular flexibility index (Phi) is 5.51. The van der Waals surface area contributed by atoms with Crippen molar-refractivity contribution in [3.63, 3.8) is 0 Å². The van der Waals surface area contributed by atoms with Crippen molar-refractivity contribution in [2.45, 2.75) is 44.4 Å². The minimum absolute atomic E-state index is 0.182. The smallest absolute Gasteiger partial charge is 0.410 e. The van der Waals surface area contributed by atoms with Gasteiger partial charge in [-0.05, 0) is 31.2 Å². The number of aliphatic hydroxyl groups excluding tert-OH is 1. The maximum absolute atomic E-state index is 12.4. The van der Waals surface area contributed by atoms with E-state index in [1.807, 2.05) is 35.2 Å². The number of carbonyl (C=O) groups is 1. The Hall–Kier alpha value is -1.59. The molecule has 2 fully saturated rings. The lowest BCUT2D eigenvalue weighted by atomic mass is 10.2. The summed E-state index contributed by atoms with van der Waals surface area (Å²) in [5.74, 6) is 0. The molecule has 126 valence electrons. The fourth-order valence-electron chi connectivity index (χ4n) is 3.33. The van der Waals surface area contributed by atoms with Crippen LogP contribution in [0.3, 0.4) is 0 Å². The van der Waals surface area contributed by atoms with E-state index in [0.29, 0.717) is 19.2 Å². The number of amides is 1. The summed E-state index contributed by atoms with van der Waals surface area (Å²) in [5.41, 5.74) is 1.01. The summed E-state index contributed by atoms with van der Waals surface area (Å²) in [6, 6.07) is 10.6. The first-order valence-corrected chi connectivity index (χ1v) is 8.60. The van der Waals surface area contributed by atoms with E-state index in [9.17, 15) is 9.90 Å². The topological polar surface area (TPSA) is 53.0 Å². The van der Waals surface area contributed by atoms with Crippen LogP contribution >= 0.6 is 0 Å². The van der Waals surface area contributed by atoms with Crippen molar-refractivity contribution in [2.24, 2.45) is 0 Å². The molecule has 1 N–H and O–H groups in total. The molecule has 1 aliphatic carbocycles. The van der Waals surface area contributed by atoms with Crippen LogP contribution in [0.2, 0.25) is 0 Å². The van der Waals surface area contributed by atoms with Crippen LogP contribution in [0.5, 0.6) is 0 Å². The lowest BCUT2D eigenvalue weighted by Crippen LogP contribution is -2.45. The average molecular weight is 318 g/mol. The molecule has 0 aromatic heterocycles. The van der Waals surface area contributed by atoms with Crippen molar-refractivity contribution < 1.29 is 14.6 Å². The van der Waals surface area contributed by atoms with E-state index in [0.717, 1.165) is 31.5 Å². The molecule has 2 aliphatic rings. The second kappa shape index (κ2) is 7.79. The largest absolute Gasteiger partial charge is 0.445 e. The molecule has 23 heavy (non-hydrogen) atoms. The van der Waals surface area contributed by atoms with Crippen LogP contribution in [0.15, 0.2) is 30.3 Å². The van der Waals surface area contributed by atoms with Gasteiger partial charge in [0.25, 0.3) is 0 Å². The molecule has 1 saturated heterocycles. The zero-order valence-electron chi connectivity index (χ0n) is 13.6. The van der Waals surface area contributed by atoms with E-state index >= 15 is 0 Å². The van der Waals surface area contributed by atoms with Crippen molar-refractivity contribution in [1.82, 2.24) is 9.80 Å². The number of hydrogen-bond acceptors (Lipinski definition) is 4. The predicted octanol–water partition coefficient (Wildman–Crippen LogP) is 2.24. The number of rotatable bonds is 7. The fraction of sp³-hybridized carbons (Fsp3) is 0.611. The van der Waals surface area contributed by atoms with Crippen LogP contribution in [0.1, 0.15) is 31.2 Å². The summed E-state index contributed by atoms with van der Waals surface area (Å²) in [6.07, 6.45) is 4.27. The van der Waals surface area contributed by atoms with Crippen LogP contribution in [-0.2, 0) is 11.3 Å². The van der Waals surface area contributed by atoms with Crippen LogP contribution in [0, 0.1) is 0 Å². The molecular formula is C18H26N2O3. The highest BCUT2D eigenvalue weighted by Gasteiger charge is 2.35. The standard InChI is InChI=1S/C18H26N2O3/c21-12-11-19(16-8-9-16)13-17-7-4-10-20(17)18(22)23-14-15-5-2-1-3-6-15/h1-3,5-6,16-17,21H,4,7-14H2. The fourth-order valence-corrected chi connectivity index (χ4v) is 3.33. The minimum Gasteiger partial charge on any atom is -0.445 e. The number of benzene rings is 1. The van der Waals surface area contributed by atoms with Gasteiger partial charge in [0.15, 0.2) is 0 Å². The average Bonchev–Trinajstić information content (AvgIpc) is 3.32. The van der Waals surface area contributed by atoms with Gasteiger partial charge in [-0.25, -0.2) is 4.79 Å². The molecule has 1 unspecified atom stereocenters.